The summed E-state index contributed by atoms with van der Waals surface area (Å²) in [4.78, 5) is 6.18. The minimum atomic E-state index is 0.229. The van der Waals surface area contributed by atoms with Gasteiger partial charge in [-0.05, 0) is 31.7 Å². The molecule has 0 saturated carbocycles. The molecule has 0 amide bonds. The van der Waals surface area contributed by atoms with Crippen LogP contribution in [0.1, 0.15) is 12.5 Å². The molecule has 13 heavy (non-hydrogen) atoms. The van der Waals surface area contributed by atoms with E-state index in [4.69, 9.17) is 5.73 Å². The summed E-state index contributed by atoms with van der Waals surface area (Å²) in [6, 6.07) is 4.28. The van der Waals surface area contributed by atoms with Crippen LogP contribution >= 0.6 is 0 Å². The number of nitrogens with zero attached hydrogens (tertiary/aromatic N) is 2. The number of pyridine rings is 1. The monoisotopic (exact) mass is 179 g/mol. The second-order valence-electron chi connectivity index (χ2n) is 3.53. The van der Waals surface area contributed by atoms with Crippen molar-refractivity contribution in [3.63, 3.8) is 0 Å². The van der Waals surface area contributed by atoms with Crippen molar-refractivity contribution < 1.29 is 0 Å². The maximum Gasteiger partial charge on any atom is 0.0271 e. The van der Waals surface area contributed by atoms with E-state index in [-0.39, 0.29) is 6.04 Å². The van der Waals surface area contributed by atoms with Crippen molar-refractivity contribution in [3.8, 4) is 0 Å². The molecule has 3 nitrogen and oxygen atoms in total. The Balaban J connectivity index is 2.41. The molecular weight excluding hydrogens is 162 g/mol. The minimum Gasteiger partial charge on any atom is -0.327 e. The van der Waals surface area contributed by atoms with Gasteiger partial charge in [0, 0.05) is 31.5 Å². The van der Waals surface area contributed by atoms with Crippen LogP contribution in [0.4, 0.5) is 0 Å². The summed E-state index contributed by atoms with van der Waals surface area (Å²) in [5.74, 6) is 0. The predicted molar refractivity (Wildman–Crippen MR) is 54.2 cm³/mol. The molecule has 1 aromatic heterocycles. The summed E-state index contributed by atoms with van der Waals surface area (Å²) < 4.78 is 0. The van der Waals surface area contributed by atoms with Crippen molar-refractivity contribution in [2.75, 3.05) is 13.6 Å². The largest absolute Gasteiger partial charge is 0.327 e. The molecular formula is C10H17N3. The van der Waals surface area contributed by atoms with Crippen LogP contribution in [-0.4, -0.2) is 29.5 Å². The van der Waals surface area contributed by atoms with E-state index in [1.807, 2.05) is 31.5 Å². The van der Waals surface area contributed by atoms with Crippen LogP contribution in [0.15, 0.2) is 24.5 Å². The summed E-state index contributed by atoms with van der Waals surface area (Å²) in [6.07, 6.45) is 3.63. The van der Waals surface area contributed by atoms with Crippen LogP contribution in [-0.2, 0) is 6.54 Å². The highest BCUT2D eigenvalue weighted by molar-refractivity contribution is 5.09. The van der Waals surface area contributed by atoms with E-state index in [1.54, 1.807) is 0 Å². The highest BCUT2D eigenvalue weighted by Gasteiger charge is 2.01. The zero-order chi connectivity index (χ0) is 9.68. The van der Waals surface area contributed by atoms with E-state index < -0.39 is 0 Å². The Hall–Kier alpha value is -0.930. The highest BCUT2D eigenvalue weighted by Crippen LogP contribution is 2.00. The van der Waals surface area contributed by atoms with Crippen LogP contribution in [0, 0.1) is 0 Å². The molecule has 3 heteroatoms. The van der Waals surface area contributed by atoms with E-state index >= 15 is 0 Å². The van der Waals surface area contributed by atoms with E-state index in [9.17, 15) is 0 Å². The highest BCUT2D eigenvalue weighted by atomic mass is 15.1. The summed E-state index contributed by atoms with van der Waals surface area (Å²) in [5.41, 5.74) is 6.97. The number of hydrogen-bond acceptors (Lipinski definition) is 3. The number of hydrogen-bond donors (Lipinski definition) is 1. The van der Waals surface area contributed by atoms with E-state index in [0.717, 1.165) is 13.1 Å². The molecule has 1 rings (SSSR count). The Bertz CT molecular complexity index is 233. The fourth-order valence-electron chi connectivity index (χ4n) is 1.36. The van der Waals surface area contributed by atoms with Crippen LogP contribution in [0.3, 0.4) is 0 Å². The Morgan fingerprint density at radius 1 is 1.46 bits per heavy atom. The molecule has 1 heterocycles. The third kappa shape index (κ3) is 4.01. The quantitative estimate of drug-likeness (QED) is 0.745. The molecule has 72 valence electrons. The summed E-state index contributed by atoms with van der Waals surface area (Å²) in [5, 5.41) is 0. The van der Waals surface area contributed by atoms with E-state index in [2.05, 4.69) is 16.9 Å². The molecule has 0 bridgehead atoms. The molecule has 0 radical (unpaired) electrons. The standard InChI is InChI=1S/C10H17N3/c1-9(11)7-13(2)8-10-3-5-12-6-4-10/h3-6,9H,7-8,11H2,1-2H3/t9-/m1/s1. The Morgan fingerprint density at radius 2 is 2.08 bits per heavy atom. The van der Waals surface area contributed by atoms with Gasteiger partial charge in [-0.25, -0.2) is 0 Å². The SMILES string of the molecule is C[C@@H](N)CN(C)Cc1ccncc1. The molecule has 0 aliphatic rings. The Kier molecular flexibility index (Phi) is 3.86. The van der Waals surface area contributed by atoms with Gasteiger partial charge < -0.3 is 10.6 Å². The maximum atomic E-state index is 5.69. The topological polar surface area (TPSA) is 42.1 Å². The van der Waals surface area contributed by atoms with Gasteiger partial charge in [0.1, 0.15) is 0 Å². The van der Waals surface area contributed by atoms with Gasteiger partial charge in [0.15, 0.2) is 0 Å². The van der Waals surface area contributed by atoms with Gasteiger partial charge in [-0.3, -0.25) is 4.98 Å². The molecule has 0 aromatic carbocycles. The maximum absolute atomic E-state index is 5.69. The smallest absolute Gasteiger partial charge is 0.0271 e. The average Bonchev–Trinajstić information content (AvgIpc) is 2.04. The number of likely N-dealkylation sites (N-methyl/N-ethyl adjacent to an activating group) is 1. The van der Waals surface area contributed by atoms with Crippen LogP contribution in [0.5, 0.6) is 0 Å². The Labute approximate surface area is 79.6 Å². The number of aromatic nitrogens is 1. The second-order valence-corrected chi connectivity index (χ2v) is 3.53. The summed E-state index contributed by atoms with van der Waals surface area (Å²) in [7, 11) is 2.07. The van der Waals surface area contributed by atoms with Crippen molar-refractivity contribution in [3.05, 3.63) is 30.1 Å². The van der Waals surface area contributed by atoms with Gasteiger partial charge >= 0.3 is 0 Å². The van der Waals surface area contributed by atoms with Crippen LogP contribution < -0.4 is 5.73 Å². The minimum absolute atomic E-state index is 0.229. The van der Waals surface area contributed by atoms with E-state index in [0.29, 0.717) is 0 Å². The fourth-order valence-corrected chi connectivity index (χ4v) is 1.36. The third-order valence-corrected chi connectivity index (χ3v) is 1.80. The van der Waals surface area contributed by atoms with Crippen LogP contribution in [0.25, 0.3) is 0 Å². The van der Waals surface area contributed by atoms with Crippen molar-refractivity contribution >= 4 is 0 Å². The van der Waals surface area contributed by atoms with Gasteiger partial charge in [0.05, 0.1) is 0 Å². The van der Waals surface area contributed by atoms with E-state index in [1.165, 1.54) is 5.56 Å². The summed E-state index contributed by atoms with van der Waals surface area (Å²) in [6.45, 7) is 3.87. The lowest BCUT2D eigenvalue weighted by Gasteiger charge is -2.18. The van der Waals surface area contributed by atoms with Gasteiger partial charge in [-0.15, -0.1) is 0 Å². The molecule has 1 aromatic rings. The molecule has 0 unspecified atom stereocenters. The van der Waals surface area contributed by atoms with Crippen molar-refractivity contribution in [1.29, 1.82) is 0 Å². The second kappa shape index (κ2) is 4.94. The molecule has 0 fully saturated rings. The molecule has 0 spiro atoms. The van der Waals surface area contributed by atoms with Crippen molar-refractivity contribution in [2.45, 2.75) is 19.5 Å². The van der Waals surface area contributed by atoms with Gasteiger partial charge in [-0.1, -0.05) is 0 Å². The zero-order valence-corrected chi connectivity index (χ0v) is 8.27. The molecule has 0 aliphatic heterocycles. The van der Waals surface area contributed by atoms with Crippen molar-refractivity contribution in [2.24, 2.45) is 5.73 Å². The number of rotatable bonds is 4. The fraction of sp³-hybridized carbons (Fsp3) is 0.500. The molecule has 0 aliphatic carbocycles. The third-order valence-electron chi connectivity index (χ3n) is 1.80. The first-order chi connectivity index (χ1) is 6.18. The normalized spacial score (nSPS) is 13.2. The molecule has 1 atom stereocenters. The van der Waals surface area contributed by atoms with Crippen molar-refractivity contribution in [1.82, 2.24) is 9.88 Å². The first-order valence-corrected chi connectivity index (χ1v) is 4.51. The molecule has 0 saturated heterocycles. The lowest BCUT2D eigenvalue weighted by atomic mass is 10.2. The van der Waals surface area contributed by atoms with Crippen LogP contribution in [0.2, 0.25) is 0 Å². The average molecular weight is 179 g/mol. The molecule has 2 N–H and O–H groups in total. The van der Waals surface area contributed by atoms with Gasteiger partial charge in [-0.2, -0.15) is 0 Å². The zero-order valence-electron chi connectivity index (χ0n) is 8.27. The van der Waals surface area contributed by atoms with Gasteiger partial charge in [0.2, 0.25) is 0 Å². The first-order valence-electron chi connectivity index (χ1n) is 4.51. The summed E-state index contributed by atoms with van der Waals surface area (Å²) >= 11 is 0. The predicted octanol–water partition coefficient (Wildman–Crippen LogP) is 0.861. The lowest BCUT2D eigenvalue weighted by molar-refractivity contribution is 0.310. The lowest BCUT2D eigenvalue weighted by Crippen LogP contribution is -2.32. The van der Waals surface area contributed by atoms with Gasteiger partial charge in [0.25, 0.3) is 0 Å². The first kappa shape index (κ1) is 10.2. The Morgan fingerprint density at radius 3 is 2.62 bits per heavy atom. The number of nitrogens with two attached hydrogens (primary N) is 1.